The zero-order chi connectivity index (χ0) is 20.6. The molecule has 1 spiro atoms. The molecule has 1 aromatic rings. The van der Waals surface area contributed by atoms with Crippen molar-refractivity contribution in [2.24, 2.45) is 0 Å². The molecule has 1 amide bonds. The van der Waals surface area contributed by atoms with Crippen LogP contribution in [0.2, 0.25) is 0 Å². The van der Waals surface area contributed by atoms with E-state index in [1.807, 2.05) is 13.8 Å². The SMILES string of the molecule is CC.CC(C)(C)OC(=O)N1CC2(CCN2S(=O)(=O)c2ccc(F)c(Br)c2)C1. The van der Waals surface area contributed by atoms with Crippen LogP contribution in [-0.2, 0) is 14.8 Å². The summed E-state index contributed by atoms with van der Waals surface area (Å²) in [6.07, 6.45) is 0.250. The number of sulfonamides is 1. The topological polar surface area (TPSA) is 66.9 Å². The molecule has 0 aliphatic carbocycles. The molecule has 3 rings (SSSR count). The fraction of sp³-hybridized carbons (Fsp3) is 0.611. The van der Waals surface area contributed by atoms with Crippen molar-refractivity contribution in [2.75, 3.05) is 19.6 Å². The standard InChI is InChI=1S/C16H20BrFN2O4S.C2H6/c1-15(2,3)24-14(21)19-9-16(10-19)6-7-20(16)25(22,23)11-4-5-13(18)12(17)8-11;1-2/h4-5,8H,6-7,9-10H2,1-3H3;1-2H3. The molecule has 0 unspecified atom stereocenters. The van der Waals surface area contributed by atoms with Gasteiger partial charge >= 0.3 is 6.09 Å². The van der Waals surface area contributed by atoms with E-state index in [2.05, 4.69) is 15.9 Å². The maximum atomic E-state index is 13.4. The Kier molecular flexibility index (Phi) is 6.28. The number of carbonyl (C=O) groups is 1. The van der Waals surface area contributed by atoms with E-state index in [1.54, 1.807) is 20.8 Å². The van der Waals surface area contributed by atoms with Crippen LogP contribution in [0.3, 0.4) is 0 Å². The van der Waals surface area contributed by atoms with Crippen LogP contribution in [-0.4, -0.2) is 54.5 Å². The van der Waals surface area contributed by atoms with E-state index in [0.717, 1.165) is 6.07 Å². The second kappa shape index (κ2) is 7.67. The fourth-order valence-corrected chi connectivity index (χ4v) is 5.43. The molecular formula is C18H26BrFN2O4S. The number of carbonyl (C=O) groups excluding carboxylic acids is 1. The molecule has 2 aliphatic heterocycles. The summed E-state index contributed by atoms with van der Waals surface area (Å²) in [6.45, 7) is 10.4. The predicted octanol–water partition coefficient (Wildman–Crippen LogP) is 4.00. The number of hydrogen-bond donors (Lipinski definition) is 0. The van der Waals surface area contributed by atoms with Gasteiger partial charge < -0.3 is 9.64 Å². The molecule has 0 atom stereocenters. The average Bonchev–Trinajstić information content (AvgIpc) is 2.47. The molecular weight excluding hydrogens is 439 g/mol. The van der Waals surface area contributed by atoms with Gasteiger partial charge in [-0.2, -0.15) is 4.31 Å². The quantitative estimate of drug-likeness (QED) is 0.663. The molecule has 2 heterocycles. The van der Waals surface area contributed by atoms with Crippen LogP contribution < -0.4 is 0 Å². The zero-order valence-corrected chi connectivity index (χ0v) is 18.7. The maximum Gasteiger partial charge on any atom is 0.410 e. The number of rotatable bonds is 2. The van der Waals surface area contributed by atoms with Crippen LogP contribution >= 0.6 is 15.9 Å². The van der Waals surface area contributed by atoms with Crippen LogP contribution in [0.1, 0.15) is 41.0 Å². The van der Waals surface area contributed by atoms with Crippen LogP contribution in [0.5, 0.6) is 0 Å². The fourth-order valence-electron chi connectivity index (χ4n) is 3.09. The van der Waals surface area contributed by atoms with E-state index in [4.69, 9.17) is 4.74 Å². The van der Waals surface area contributed by atoms with Gasteiger partial charge in [-0.3, -0.25) is 0 Å². The van der Waals surface area contributed by atoms with Crippen molar-refractivity contribution in [2.45, 2.75) is 57.1 Å². The first kappa shape index (κ1) is 22.1. The second-order valence-corrected chi connectivity index (χ2v) is 10.2. The Morgan fingerprint density at radius 1 is 1.26 bits per heavy atom. The number of nitrogens with zero attached hydrogens (tertiary/aromatic N) is 2. The van der Waals surface area contributed by atoms with Gasteiger partial charge in [-0.25, -0.2) is 17.6 Å². The van der Waals surface area contributed by atoms with E-state index in [-0.39, 0.29) is 9.37 Å². The molecule has 0 saturated carbocycles. The van der Waals surface area contributed by atoms with E-state index in [1.165, 1.54) is 21.3 Å². The molecule has 2 fully saturated rings. The molecule has 1 aromatic carbocycles. The largest absolute Gasteiger partial charge is 0.444 e. The van der Waals surface area contributed by atoms with Crippen LogP contribution in [0.25, 0.3) is 0 Å². The molecule has 0 aromatic heterocycles. The minimum absolute atomic E-state index is 0.0376. The third-order valence-electron chi connectivity index (χ3n) is 4.41. The first-order valence-electron chi connectivity index (χ1n) is 8.90. The molecule has 6 nitrogen and oxygen atoms in total. The zero-order valence-electron chi connectivity index (χ0n) is 16.3. The van der Waals surface area contributed by atoms with E-state index in [0.29, 0.717) is 26.1 Å². The lowest BCUT2D eigenvalue weighted by atomic mass is 9.80. The third kappa shape index (κ3) is 4.30. The van der Waals surface area contributed by atoms with Gasteiger partial charge in [-0.15, -0.1) is 0 Å². The summed E-state index contributed by atoms with van der Waals surface area (Å²) in [5.41, 5.74) is -1.16. The Hall–Kier alpha value is -1.19. The van der Waals surface area contributed by atoms with Crippen molar-refractivity contribution in [3.8, 4) is 0 Å². The van der Waals surface area contributed by atoms with Gasteiger partial charge in [-0.05, 0) is 61.3 Å². The minimum Gasteiger partial charge on any atom is -0.444 e. The monoisotopic (exact) mass is 464 g/mol. The molecule has 9 heteroatoms. The molecule has 27 heavy (non-hydrogen) atoms. The summed E-state index contributed by atoms with van der Waals surface area (Å²) in [5, 5.41) is 0. The second-order valence-electron chi connectivity index (χ2n) is 7.46. The number of likely N-dealkylation sites (tertiary alicyclic amines) is 1. The minimum atomic E-state index is -3.74. The molecule has 0 bridgehead atoms. The molecule has 2 saturated heterocycles. The molecule has 152 valence electrons. The summed E-state index contributed by atoms with van der Waals surface area (Å²) in [6, 6.07) is 3.64. The summed E-state index contributed by atoms with van der Waals surface area (Å²) in [7, 11) is -3.74. The van der Waals surface area contributed by atoms with Crippen LogP contribution in [0.15, 0.2) is 27.6 Å². The number of hydrogen-bond acceptors (Lipinski definition) is 4. The highest BCUT2D eigenvalue weighted by Gasteiger charge is 2.59. The van der Waals surface area contributed by atoms with Crippen molar-refractivity contribution in [1.29, 1.82) is 0 Å². The third-order valence-corrected chi connectivity index (χ3v) is 7.02. The molecule has 2 aliphatic rings. The number of ether oxygens (including phenoxy) is 1. The van der Waals surface area contributed by atoms with Gasteiger partial charge in [0.05, 0.1) is 14.9 Å². The normalized spacial score (nSPS) is 18.9. The summed E-state index contributed by atoms with van der Waals surface area (Å²) in [5.74, 6) is -0.517. The van der Waals surface area contributed by atoms with Crippen molar-refractivity contribution in [3.63, 3.8) is 0 Å². The van der Waals surface area contributed by atoms with Crippen molar-refractivity contribution < 1.29 is 22.3 Å². The highest BCUT2D eigenvalue weighted by molar-refractivity contribution is 9.10. The molecule has 0 radical (unpaired) electrons. The van der Waals surface area contributed by atoms with Crippen molar-refractivity contribution in [3.05, 3.63) is 28.5 Å². The van der Waals surface area contributed by atoms with E-state index in [9.17, 15) is 17.6 Å². The Morgan fingerprint density at radius 2 is 1.85 bits per heavy atom. The van der Waals surface area contributed by atoms with Crippen LogP contribution in [0, 0.1) is 5.82 Å². The van der Waals surface area contributed by atoms with Gasteiger partial charge in [-0.1, -0.05) is 13.8 Å². The Bertz CT molecular complexity index is 817. The summed E-state index contributed by atoms with van der Waals surface area (Å²) < 4.78 is 45.9. The summed E-state index contributed by atoms with van der Waals surface area (Å²) >= 11 is 3.02. The average molecular weight is 465 g/mol. The van der Waals surface area contributed by atoms with Gasteiger partial charge in [0.2, 0.25) is 10.0 Å². The van der Waals surface area contributed by atoms with E-state index >= 15 is 0 Å². The van der Waals surface area contributed by atoms with Crippen LogP contribution in [0.4, 0.5) is 9.18 Å². The number of halogens is 2. The lowest BCUT2D eigenvalue weighted by Gasteiger charge is -2.60. The van der Waals surface area contributed by atoms with Gasteiger partial charge in [0.25, 0.3) is 0 Å². The van der Waals surface area contributed by atoms with E-state index < -0.39 is 33.1 Å². The molecule has 0 N–H and O–H groups in total. The van der Waals surface area contributed by atoms with Crippen molar-refractivity contribution >= 4 is 32.0 Å². The first-order chi connectivity index (χ1) is 12.4. The van der Waals surface area contributed by atoms with Gasteiger partial charge in [0, 0.05) is 19.6 Å². The lowest BCUT2D eigenvalue weighted by molar-refractivity contribution is -0.0781. The highest BCUT2D eigenvalue weighted by atomic mass is 79.9. The smallest absolute Gasteiger partial charge is 0.410 e. The Morgan fingerprint density at radius 3 is 2.30 bits per heavy atom. The van der Waals surface area contributed by atoms with Gasteiger partial charge in [0.1, 0.15) is 11.4 Å². The number of benzene rings is 1. The number of amides is 1. The summed E-state index contributed by atoms with van der Waals surface area (Å²) in [4.78, 5) is 13.6. The predicted molar refractivity (Wildman–Crippen MR) is 104 cm³/mol. The van der Waals surface area contributed by atoms with Gasteiger partial charge in [0.15, 0.2) is 0 Å². The maximum absolute atomic E-state index is 13.4. The Labute approximate surface area is 168 Å². The lowest BCUT2D eigenvalue weighted by Crippen LogP contribution is -2.78. The van der Waals surface area contributed by atoms with Crippen molar-refractivity contribution in [1.82, 2.24) is 9.21 Å². The first-order valence-corrected chi connectivity index (χ1v) is 11.1. The highest BCUT2D eigenvalue weighted by Crippen LogP contribution is 2.43. The Balaban J connectivity index is 0.00000126.